The fraction of sp³-hybridized carbons (Fsp3) is 0.312. The number of fused-ring (bicyclic) bond motifs is 4. The minimum absolute atomic E-state index is 0.126. The molecule has 4 aliphatic rings. The van der Waals surface area contributed by atoms with E-state index in [2.05, 4.69) is 36.5 Å². The fourth-order valence-electron chi connectivity index (χ4n) is 7.93. The van der Waals surface area contributed by atoms with Crippen molar-refractivity contribution in [1.29, 1.82) is 0 Å². The Kier molecular flexibility index (Phi) is 12.3. The van der Waals surface area contributed by atoms with Crippen LogP contribution in [-0.2, 0) is 11.3 Å². The van der Waals surface area contributed by atoms with Crippen LogP contribution in [0, 0.1) is 0 Å². The molecule has 4 aromatic carbocycles. The van der Waals surface area contributed by atoms with Crippen molar-refractivity contribution in [2.45, 2.75) is 57.7 Å². The first-order valence-electron chi connectivity index (χ1n) is 20.6. The molecule has 0 saturated heterocycles. The number of aliphatic imine (C=N–C) groups is 2. The number of hydrogen-bond acceptors (Lipinski definition) is 11. The van der Waals surface area contributed by atoms with Crippen LogP contribution in [0.25, 0.3) is 11.1 Å². The van der Waals surface area contributed by atoms with E-state index in [1.165, 1.54) is 12.7 Å². The van der Waals surface area contributed by atoms with Crippen LogP contribution >= 0.6 is 0 Å². The minimum Gasteiger partial charge on any atom is -0.493 e. The van der Waals surface area contributed by atoms with Gasteiger partial charge in [0.05, 0.1) is 74.7 Å². The number of nitrogens with zero attached hydrogens (tertiary/aromatic N) is 4. The Balaban J connectivity index is 0.837. The Morgan fingerprint density at radius 3 is 1.62 bits per heavy atom. The monoisotopic (exact) mass is 823 g/mol. The minimum atomic E-state index is -0.399. The van der Waals surface area contributed by atoms with Gasteiger partial charge in [0.25, 0.3) is 11.8 Å². The number of methoxy groups -OCH3 is 3. The largest absolute Gasteiger partial charge is 0.493 e. The first kappa shape index (κ1) is 41.0. The second kappa shape index (κ2) is 18.3. The van der Waals surface area contributed by atoms with E-state index in [4.69, 9.17) is 33.7 Å². The standard InChI is InChI=1S/C48H49N5O8/c1-5-49-25-30-9-11-31(12-10-30)34-19-36-26-50-40-23-44(42(57-2)21-38(40)46(54)52(36)28-34)60-17-7-6-8-18-61-45-24-41-39(22-43(45)58-3)47(55)53-29-35(20-37(53)27-51-41)32-13-15-33(16-14-32)48(56)59-4/h9-16,21-24,26-29,36-37,49H,5-8,17-20,25H2,1-4H3/t36-,37-/m0/s1. The summed E-state index contributed by atoms with van der Waals surface area (Å²) in [4.78, 5) is 52.4. The van der Waals surface area contributed by atoms with Crippen molar-refractivity contribution in [2.24, 2.45) is 9.98 Å². The number of nitrogens with one attached hydrogen (secondary N) is 1. The Morgan fingerprint density at radius 2 is 1.16 bits per heavy atom. The van der Waals surface area contributed by atoms with Gasteiger partial charge < -0.3 is 38.8 Å². The molecule has 0 saturated carbocycles. The van der Waals surface area contributed by atoms with Crippen LogP contribution < -0.4 is 24.3 Å². The van der Waals surface area contributed by atoms with Gasteiger partial charge in [0.15, 0.2) is 23.0 Å². The summed E-state index contributed by atoms with van der Waals surface area (Å²) < 4.78 is 28.4. The average molecular weight is 824 g/mol. The predicted molar refractivity (Wildman–Crippen MR) is 234 cm³/mol. The number of esters is 1. The predicted octanol–water partition coefficient (Wildman–Crippen LogP) is 8.17. The number of unbranched alkanes of at least 4 members (excludes halogenated alkanes) is 2. The van der Waals surface area contributed by atoms with Crippen molar-refractivity contribution in [1.82, 2.24) is 15.1 Å². The molecule has 0 spiro atoms. The molecule has 13 nitrogen and oxygen atoms in total. The molecule has 61 heavy (non-hydrogen) atoms. The molecule has 2 atom stereocenters. The van der Waals surface area contributed by atoms with Crippen LogP contribution in [0.5, 0.6) is 23.0 Å². The number of hydrogen-bond donors (Lipinski definition) is 1. The van der Waals surface area contributed by atoms with Crippen molar-refractivity contribution in [2.75, 3.05) is 41.1 Å². The molecule has 314 valence electrons. The van der Waals surface area contributed by atoms with E-state index >= 15 is 0 Å². The highest BCUT2D eigenvalue weighted by Gasteiger charge is 2.35. The van der Waals surface area contributed by atoms with Crippen molar-refractivity contribution in [3.05, 3.63) is 119 Å². The number of amides is 2. The first-order chi connectivity index (χ1) is 29.8. The van der Waals surface area contributed by atoms with E-state index in [0.717, 1.165) is 54.6 Å². The quantitative estimate of drug-likeness (QED) is 0.0876. The Labute approximate surface area is 355 Å². The van der Waals surface area contributed by atoms with E-state index in [1.54, 1.807) is 66.6 Å². The third-order valence-electron chi connectivity index (χ3n) is 11.3. The molecule has 13 heteroatoms. The molecule has 0 aromatic heterocycles. The lowest BCUT2D eigenvalue weighted by molar-refractivity contribution is 0.0600. The molecule has 4 aliphatic heterocycles. The lowest BCUT2D eigenvalue weighted by Gasteiger charge is -2.19. The highest BCUT2D eigenvalue weighted by Crippen LogP contribution is 2.42. The summed E-state index contributed by atoms with van der Waals surface area (Å²) in [5.74, 6) is 1.26. The lowest BCUT2D eigenvalue weighted by atomic mass is 10.0. The first-order valence-corrected chi connectivity index (χ1v) is 20.6. The molecule has 0 fully saturated rings. The van der Waals surface area contributed by atoms with Crippen molar-refractivity contribution in [3.63, 3.8) is 0 Å². The van der Waals surface area contributed by atoms with E-state index in [1.807, 2.05) is 30.7 Å². The number of ether oxygens (including phenoxy) is 5. The van der Waals surface area contributed by atoms with E-state index in [9.17, 15) is 14.4 Å². The zero-order valence-corrected chi connectivity index (χ0v) is 34.8. The summed E-state index contributed by atoms with van der Waals surface area (Å²) >= 11 is 0. The van der Waals surface area contributed by atoms with E-state index in [-0.39, 0.29) is 23.9 Å². The van der Waals surface area contributed by atoms with Gasteiger partial charge in [0, 0.05) is 56.3 Å². The molecule has 0 bridgehead atoms. The van der Waals surface area contributed by atoms with Gasteiger partial charge >= 0.3 is 5.97 Å². The zero-order valence-electron chi connectivity index (χ0n) is 34.8. The normalized spacial score (nSPS) is 17.4. The van der Waals surface area contributed by atoms with Gasteiger partial charge in [-0.05, 0) is 77.9 Å². The van der Waals surface area contributed by atoms with Crippen molar-refractivity contribution in [3.8, 4) is 23.0 Å². The van der Waals surface area contributed by atoms with E-state index < -0.39 is 5.97 Å². The molecule has 2 amide bonds. The Morgan fingerprint density at radius 1 is 0.672 bits per heavy atom. The Hall–Kier alpha value is -6.73. The van der Waals surface area contributed by atoms with E-state index in [0.29, 0.717) is 77.1 Å². The highest BCUT2D eigenvalue weighted by atomic mass is 16.5. The number of rotatable bonds is 16. The Bertz CT molecular complexity index is 2440. The number of benzene rings is 4. The SMILES string of the molecule is CCNCc1ccc(C2=CN3C(=O)c4cc(OC)c(OCCCCCOc5cc6c(cc5OC)C(=O)N5C=C(c7ccc(C(=O)OC)cc7)C[C@H]5C=N6)cc4N=C[C@@H]3C2)cc1. The van der Waals surface area contributed by atoms with Crippen LogP contribution in [0.15, 0.2) is 95.2 Å². The summed E-state index contributed by atoms with van der Waals surface area (Å²) in [6.45, 7) is 4.70. The third-order valence-corrected chi connectivity index (χ3v) is 11.3. The van der Waals surface area contributed by atoms with Gasteiger partial charge in [0.2, 0.25) is 0 Å². The molecule has 0 radical (unpaired) electrons. The summed E-state index contributed by atoms with van der Waals surface area (Å²) in [7, 11) is 4.47. The van der Waals surface area contributed by atoms with Crippen molar-refractivity contribution >= 4 is 52.7 Å². The molecule has 0 unspecified atom stereocenters. The van der Waals surface area contributed by atoms with Crippen LogP contribution in [0.2, 0.25) is 0 Å². The molecule has 8 rings (SSSR count). The maximum absolute atomic E-state index is 13.8. The summed E-state index contributed by atoms with van der Waals surface area (Å²) in [5, 5.41) is 3.35. The molecular formula is C48H49N5O8. The summed E-state index contributed by atoms with van der Waals surface area (Å²) in [6.07, 6.45) is 11.0. The highest BCUT2D eigenvalue weighted by molar-refractivity contribution is 6.06. The summed E-state index contributed by atoms with van der Waals surface area (Å²) in [5.41, 5.74) is 7.73. The topological polar surface area (TPSA) is 141 Å². The third kappa shape index (κ3) is 8.64. The molecule has 4 heterocycles. The fourth-order valence-corrected chi connectivity index (χ4v) is 7.93. The second-order valence-electron chi connectivity index (χ2n) is 15.2. The average Bonchev–Trinajstić information content (AvgIpc) is 3.87. The van der Waals surface area contributed by atoms with Gasteiger partial charge in [0.1, 0.15) is 0 Å². The van der Waals surface area contributed by atoms with Gasteiger partial charge in [-0.1, -0.05) is 43.3 Å². The second-order valence-corrected chi connectivity index (χ2v) is 15.2. The van der Waals surface area contributed by atoms with Gasteiger partial charge in [-0.3, -0.25) is 19.6 Å². The van der Waals surface area contributed by atoms with Crippen LogP contribution in [0.1, 0.15) is 86.8 Å². The molecule has 1 N–H and O–H groups in total. The van der Waals surface area contributed by atoms with Crippen LogP contribution in [0.3, 0.4) is 0 Å². The van der Waals surface area contributed by atoms with Gasteiger partial charge in [-0.2, -0.15) is 0 Å². The van der Waals surface area contributed by atoms with Crippen molar-refractivity contribution < 1.29 is 38.1 Å². The lowest BCUT2D eigenvalue weighted by Crippen LogP contribution is -2.32. The zero-order chi connectivity index (χ0) is 42.5. The smallest absolute Gasteiger partial charge is 0.337 e. The number of carbonyl (C=O) groups is 3. The number of carbonyl (C=O) groups excluding carboxylic acids is 3. The molecule has 4 aromatic rings. The summed E-state index contributed by atoms with van der Waals surface area (Å²) in [6, 6.07) is 22.1. The molecular weight excluding hydrogens is 775 g/mol. The maximum atomic E-state index is 13.8. The van der Waals surface area contributed by atoms with Crippen LogP contribution in [0.4, 0.5) is 11.4 Å². The molecule has 0 aliphatic carbocycles. The van der Waals surface area contributed by atoms with Gasteiger partial charge in [-0.25, -0.2) is 4.79 Å². The van der Waals surface area contributed by atoms with Crippen LogP contribution in [-0.4, -0.2) is 93.2 Å². The van der Waals surface area contributed by atoms with Gasteiger partial charge in [-0.15, -0.1) is 0 Å². The maximum Gasteiger partial charge on any atom is 0.337 e.